The van der Waals surface area contributed by atoms with Crippen molar-refractivity contribution in [1.29, 1.82) is 0 Å². The Morgan fingerprint density at radius 3 is 2.19 bits per heavy atom. The number of carbonyl (C=O) groups is 2. The summed E-state index contributed by atoms with van der Waals surface area (Å²) >= 11 is 1.26. The number of amides is 2. The third-order valence-corrected chi connectivity index (χ3v) is 7.58. The van der Waals surface area contributed by atoms with E-state index in [0.29, 0.717) is 44.9 Å². The van der Waals surface area contributed by atoms with E-state index in [1.54, 1.807) is 12.1 Å². The van der Waals surface area contributed by atoms with Crippen molar-refractivity contribution in [1.82, 2.24) is 5.32 Å². The van der Waals surface area contributed by atoms with Gasteiger partial charge in [-0.25, -0.2) is 4.99 Å². The molecule has 1 heterocycles. The maximum atomic E-state index is 13.6. The average Bonchev–Trinajstić information content (AvgIpc) is 2.99. The molecule has 0 unspecified atom stereocenters. The number of nitrogens with zero attached hydrogens (tertiary/aromatic N) is 1. The predicted molar refractivity (Wildman–Crippen MR) is 169 cm³/mol. The summed E-state index contributed by atoms with van der Waals surface area (Å²) in [5.74, 6) is 1.25. The molecule has 3 aromatic rings. The quantitative estimate of drug-likeness (QED) is 0.262. The first kappa shape index (κ1) is 30.5. The van der Waals surface area contributed by atoms with Crippen LogP contribution in [-0.2, 0) is 9.59 Å². The molecule has 42 heavy (non-hydrogen) atoms. The fourth-order valence-electron chi connectivity index (χ4n) is 4.67. The largest absolute Gasteiger partial charge is 0.493 e. The van der Waals surface area contributed by atoms with Crippen molar-refractivity contribution in [3.63, 3.8) is 0 Å². The lowest BCUT2D eigenvalue weighted by atomic mass is 9.95. The fourth-order valence-corrected chi connectivity index (χ4v) is 5.41. The van der Waals surface area contributed by atoms with Gasteiger partial charge in [-0.1, -0.05) is 62.0 Å². The second-order valence-corrected chi connectivity index (χ2v) is 10.8. The van der Waals surface area contributed by atoms with Gasteiger partial charge in [0.1, 0.15) is 6.04 Å². The molecule has 220 valence electrons. The molecule has 10 heteroatoms. The molecular weight excluding hydrogens is 552 g/mol. The molecular formula is C32H36N4O5S. The molecule has 0 radical (unpaired) electrons. The SMILES string of the molecule is COc1cc([C@H]2N=C(SCC(=O)Nc3ccccc3C(C)C)NC(C)=C2C(=O)Nc2ccccc2)cc(OC)c1OC. The summed E-state index contributed by atoms with van der Waals surface area (Å²) < 4.78 is 16.6. The van der Waals surface area contributed by atoms with Crippen LogP contribution >= 0.6 is 11.8 Å². The van der Waals surface area contributed by atoms with Crippen molar-refractivity contribution < 1.29 is 23.8 Å². The van der Waals surface area contributed by atoms with Crippen molar-refractivity contribution in [3.05, 3.63) is 89.1 Å². The molecule has 1 aliphatic rings. The number of thioether (sulfide) groups is 1. The zero-order chi connectivity index (χ0) is 30.2. The Morgan fingerprint density at radius 2 is 1.57 bits per heavy atom. The van der Waals surface area contributed by atoms with Crippen LogP contribution in [-0.4, -0.2) is 44.1 Å². The standard InChI is InChI=1S/C32H36N4O5S/c1-19(2)23-14-10-11-15-24(23)35-27(37)18-42-32-33-20(3)28(31(38)34-22-12-8-7-9-13-22)29(36-32)21-16-25(39-4)30(41-6)26(17-21)40-5/h7-17,19,29H,18H2,1-6H3,(H,33,36)(H,34,38)(H,35,37)/t29-/m1/s1. The molecule has 1 aliphatic heterocycles. The molecule has 3 aromatic carbocycles. The van der Waals surface area contributed by atoms with E-state index in [-0.39, 0.29) is 23.5 Å². The molecule has 0 aliphatic carbocycles. The molecule has 0 aromatic heterocycles. The highest BCUT2D eigenvalue weighted by Gasteiger charge is 2.31. The van der Waals surface area contributed by atoms with Crippen LogP contribution in [0.15, 0.2) is 83.0 Å². The number of methoxy groups -OCH3 is 3. The number of hydrogen-bond acceptors (Lipinski definition) is 8. The van der Waals surface area contributed by atoms with Gasteiger partial charge < -0.3 is 30.2 Å². The third kappa shape index (κ3) is 7.06. The number of carbonyl (C=O) groups excluding carboxylic acids is 2. The summed E-state index contributed by atoms with van der Waals surface area (Å²) in [4.78, 5) is 31.5. The Balaban J connectivity index is 1.64. The molecule has 0 spiro atoms. The zero-order valence-corrected chi connectivity index (χ0v) is 25.4. The highest BCUT2D eigenvalue weighted by molar-refractivity contribution is 8.14. The van der Waals surface area contributed by atoms with Gasteiger partial charge in [-0.3, -0.25) is 9.59 Å². The summed E-state index contributed by atoms with van der Waals surface area (Å²) in [6.07, 6.45) is 0. The van der Waals surface area contributed by atoms with E-state index in [1.807, 2.05) is 61.5 Å². The van der Waals surface area contributed by atoms with E-state index in [0.717, 1.165) is 11.3 Å². The number of aliphatic imine (C=N–C) groups is 1. The lowest BCUT2D eigenvalue weighted by Gasteiger charge is -2.27. The Hall–Kier alpha value is -4.44. The Kier molecular flexibility index (Phi) is 10.1. The van der Waals surface area contributed by atoms with Gasteiger partial charge in [0.25, 0.3) is 5.91 Å². The number of benzene rings is 3. The number of nitrogens with one attached hydrogen (secondary N) is 3. The van der Waals surface area contributed by atoms with Crippen LogP contribution in [0.3, 0.4) is 0 Å². The predicted octanol–water partition coefficient (Wildman–Crippen LogP) is 6.12. The van der Waals surface area contributed by atoms with Crippen LogP contribution < -0.4 is 30.2 Å². The van der Waals surface area contributed by atoms with Gasteiger partial charge in [-0.15, -0.1) is 0 Å². The zero-order valence-electron chi connectivity index (χ0n) is 24.6. The van der Waals surface area contributed by atoms with Crippen molar-refractivity contribution in [2.24, 2.45) is 4.99 Å². The first-order chi connectivity index (χ1) is 20.2. The second kappa shape index (κ2) is 14.0. The fraction of sp³-hybridized carbons (Fsp3) is 0.281. The van der Waals surface area contributed by atoms with Crippen LogP contribution in [0.4, 0.5) is 11.4 Å². The van der Waals surface area contributed by atoms with Gasteiger partial charge in [0.15, 0.2) is 16.7 Å². The molecule has 0 saturated carbocycles. The summed E-state index contributed by atoms with van der Waals surface area (Å²) in [5, 5.41) is 9.72. The molecule has 9 nitrogen and oxygen atoms in total. The summed E-state index contributed by atoms with van der Waals surface area (Å²) in [6.45, 7) is 5.99. The molecule has 0 saturated heterocycles. The first-order valence-corrected chi connectivity index (χ1v) is 14.5. The van der Waals surface area contributed by atoms with E-state index >= 15 is 0 Å². The number of ether oxygens (including phenoxy) is 3. The number of allylic oxidation sites excluding steroid dienone is 1. The van der Waals surface area contributed by atoms with Crippen LogP contribution in [0.5, 0.6) is 17.2 Å². The minimum atomic E-state index is -0.712. The van der Waals surface area contributed by atoms with Gasteiger partial charge in [0.05, 0.1) is 32.7 Å². The van der Waals surface area contributed by atoms with E-state index < -0.39 is 6.04 Å². The summed E-state index contributed by atoms with van der Waals surface area (Å²) in [5.41, 5.74) is 4.23. The maximum Gasteiger partial charge on any atom is 0.255 e. The summed E-state index contributed by atoms with van der Waals surface area (Å²) in [7, 11) is 4.60. The van der Waals surface area contributed by atoms with Crippen LogP contribution in [0, 0.1) is 0 Å². The minimum absolute atomic E-state index is 0.124. The minimum Gasteiger partial charge on any atom is -0.493 e. The van der Waals surface area contributed by atoms with Gasteiger partial charge in [-0.05, 0) is 54.3 Å². The number of anilines is 2. The van der Waals surface area contributed by atoms with Crippen molar-refractivity contribution in [3.8, 4) is 17.2 Å². The third-order valence-electron chi connectivity index (χ3n) is 6.69. The Bertz CT molecular complexity index is 1480. The normalized spacial score (nSPS) is 14.5. The van der Waals surface area contributed by atoms with Gasteiger partial charge in [-0.2, -0.15) is 0 Å². The maximum absolute atomic E-state index is 13.6. The molecule has 2 amide bonds. The Labute approximate surface area is 250 Å². The molecule has 1 atom stereocenters. The first-order valence-electron chi connectivity index (χ1n) is 13.5. The van der Waals surface area contributed by atoms with E-state index in [1.165, 1.54) is 33.1 Å². The molecule has 0 fully saturated rings. The van der Waals surface area contributed by atoms with E-state index in [9.17, 15) is 9.59 Å². The summed E-state index contributed by atoms with van der Waals surface area (Å²) in [6, 6.07) is 19.8. The molecule has 0 bridgehead atoms. The van der Waals surface area contributed by atoms with Crippen LogP contribution in [0.25, 0.3) is 0 Å². The lowest BCUT2D eigenvalue weighted by molar-refractivity contribution is -0.114. The monoisotopic (exact) mass is 588 g/mol. The molecule has 3 N–H and O–H groups in total. The highest BCUT2D eigenvalue weighted by atomic mass is 32.2. The highest BCUT2D eigenvalue weighted by Crippen LogP contribution is 2.43. The number of hydrogen-bond donors (Lipinski definition) is 3. The van der Waals surface area contributed by atoms with Gasteiger partial charge >= 0.3 is 0 Å². The van der Waals surface area contributed by atoms with E-state index in [4.69, 9.17) is 19.2 Å². The number of para-hydroxylation sites is 2. The number of amidine groups is 1. The lowest BCUT2D eigenvalue weighted by Crippen LogP contribution is -2.32. The second-order valence-electron chi connectivity index (χ2n) is 9.86. The van der Waals surface area contributed by atoms with Crippen LogP contribution in [0.2, 0.25) is 0 Å². The van der Waals surface area contributed by atoms with Crippen molar-refractivity contribution in [2.75, 3.05) is 37.7 Å². The molecule has 4 rings (SSSR count). The van der Waals surface area contributed by atoms with Crippen molar-refractivity contribution in [2.45, 2.75) is 32.7 Å². The van der Waals surface area contributed by atoms with Crippen LogP contribution in [0.1, 0.15) is 43.9 Å². The topological polar surface area (TPSA) is 110 Å². The smallest absolute Gasteiger partial charge is 0.255 e. The van der Waals surface area contributed by atoms with Gasteiger partial charge in [0.2, 0.25) is 11.7 Å². The van der Waals surface area contributed by atoms with Gasteiger partial charge in [0, 0.05) is 17.1 Å². The number of rotatable bonds is 10. The van der Waals surface area contributed by atoms with Crippen molar-refractivity contribution >= 4 is 40.1 Å². The average molecular weight is 589 g/mol. The van der Waals surface area contributed by atoms with E-state index in [2.05, 4.69) is 29.8 Å². The Morgan fingerprint density at radius 1 is 0.929 bits per heavy atom.